The number of aromatic hydroxyl groups is 1. The average molecular weight is 314 g/mol. The fraction of sp³-hybridized carbons (Fsp3) is 0.250. The van der Waals surface area contributed by atoms with Crippen LogP contribution in [0.5, 0.6) is 5.75 Å². The van der Waals surface area contributed by atoms with E-state index in [0.29, 0.717) is 23.5 Å². The topological polar surface area (TPSA) is 99.3 Å². The number of hydrogen-bond acceptors (Lipinski definition) is 5. The Morgan fingerprint density at radius 2 is 1.95 bits per heavy atom. The lowest BCUT2D eigenvalue weighted by Crippen LogP contribution is -2.25. The van der Waals surface area contributed by atoms with Gasteiger partial charge in [-0.3, -0.25) is 4.79 Å². The van der Waals surface area contributed by atoms with Crippen molar-refractivity contribution in [3.63, 3.8) is 0 Å². The molecule has 20 heavy (non-hydrogen) atoms. The second-order valence-corrected chi connectivity index (χ2v) is 7.19. The number of benzene rings is 1. The molecule has 0 saturated heterocycles. The van der Waals surface area contributed by atoms with E-state index < -0.39 is 10.0 Å². The lowest BCUT2D eigenvalue weighted by Gasteiger charge is -2.05. The van der Waals surface area contributed by atoms with Crippen LogP contribution in [-0.4, -0.2) is 25.1 Å². The van der Waals surface area contributed by atoms with Crippen LogP contribution in [0.2, 0.25) is 0 Å². The molecule has 0 aliphatic carbocycles. The van der Waals surface area contributed by atoms with Gasteiger partial charge in [-0.2, -0.15) is 0 Å². The maximum absolute atomic E-state index is 12.0. The molecule has 0 radical (unpaired) electrons. The minimum absolute atomic E-state index is 0.0215. The van der Waals surface area contributed by atoms with Crippen LogP contribution in [0.4, 0.5) is 0 Å². The highest BCUT2D eigenvalue weighted by molar-refractivity contribution is 7.91. The van der Waals surface area contributed by atoms with Gasteiger partial charge in [0, 0.05) is 12.2 Å². The Balaban J connectivity index is 2.01. The molecular weight excluding hydrogens is 300 g/mol. The van der Waals surface area contributed by atoms with Crippen molar-refractivity contribution in [2.24, 2.45) is 0 Å². The predicted octanol–water partition coefficient (Wildman–Crippen LogP) is 0.971. The first kappa shape index (κ1) is 14.8. The number of sulfonamides is 1. The monoisotopic (exact) mass is 314 g/mol. The number of aromatic nitrogens is 1. The predicted molar refractivity (Wildman–Crippen MR) is 76.7 cm³/mol. The van der Waals surface area contributed by atoms with Crippen molar-refractivity contribution in [1.29, 1.82) is 0 Å². The molecule has 1 heterocycles. The molecule has 0 aliphatic heterocycles. The van der Waals surface area contributed by atoms with Crippen LogP contribution in [0, 0.1) is 6.92 Å². The largest absolute Gasteiger partial charge is 0.508 e. The molecule has 6 nitrogen and oxygen atoms in total. The van der Waals surface area contributed by atoms with Crippen LogP contribution in [0.25, 0.3) is 0 Å². The smallest absolute Gasteiger partial charge is 0.305 e. The van der Waals surface area contributed by atoms with Crippen molar-refractivity contribution >= 4 is 21.4 Å². The van der Waals surface area contributed by atoms with Crippen molar-refractivity contribution in [3.8, 4) is 5.75 Å². The fourth-order valence-corrected chi connectivity index (χ4v) is 4.08. The Morgan fingerprint density at radius 3 is 2.50 bits per heavy atom. The number of thiazole rings is 1. The maximum Gasteiger partial charge on any atom is 0.305 e. The minimum atomic E-state index is -3.66. The Morgan fingerprint density at radius 1 is 1.30 bits per heavy atom. The second kappa shape index (κ2) is 5.78. The van der Waals surface area contributed by atoms with Gasteiger partial charge in [0.1, 0.15) is 5.75 Å². The van der Waals surface area contributed by atoms with Gasteiger partial charge in [-0.05, 0) is 31.0 Å². The van der Waals surface area contributed by atoms with Gasteiger partial charge in [0.2, 0.25) is 0 Å². The summed E-state index contributed by atoms with van der Waals surface area (Å²) in [5.41, 5.74) is 1.25. The Labute approximate surface area is 120 Å². The number of phenolic OH excluding ortho intramolecular Hbond substituents is 1. The number of aryl methyl sites for hydroxylation is 1. The van der Waals surface area contributed by atoms with Gasteiger partial charge in [0.15, 0.2) is 4.21 Å². The van der Waals surface area contributed by atoms with Gasteiger partial charge in [-0.15, -0.1) is 0 Å². The molecule has 0 amide bonds. The van der Waals surface area contributed by atoms with Gasteiger partial charge >= 0.3 is 4.87 Å². The third kappa shape index (κ3) is 3.47. The van der Waals surface area contributed by atoms with E-state index in [0.717, 1.165) is 5.56 Å². The summed E-state index contributed by atoms with van der Waals surface area (Å²) in [5, 5.41) is 9.15. The number of nitrogens with one attached hydrogen (secondary N) is 2. The van der Waals surface area contributed by atoms with Crippen molar-refractivity contribution in [2.75, 3.05) is 6.54 Å². The van der Waals surface area contributed by atoms with Crippen LogP contribution in [0.15, 0.2) is 33.3 Å². The zero-order chi connectivity index (χ0) is 14.8. The highest BCUT2D eigenvalue weighted by Gasteiger charge is 2.19. The molecule has 0 spiro atoms. The molecule has 3 N–H and O–H groups in total. The number of phenols is 1. The molecule has 108 valence electrons. The highest BCUT2D eigenvalue weighted by atomic mass is 32.2. The summed E-state index contributed by atoms with van der Waals surface area (Å²) in [6.07, 6.45) is 0.498. The lowest BCUT2D eigenvalue weighted by atomic mass is 10.1. The molecule has 0 saturated carbocycles. The second-order valence-electron chi connectivity index (χ2n) is 4.24. The Bertz CT molecular complexity index is 745. The number of rotatable bonds is 5. The molecule has 0 aliphatic rings. The number of aromatic amines is 1. The molecule has 8 heteroatoms. The van der Waals surface area contributed by atoms with E-state index in [1.807, 2.05) is 0 Å². The van der Waals surface area contributed by atoms with Crippen molar-refractivity contribution in [2.45, 2.75) is 17.6 Å². The summed E-state index contributed by atoms with van der Waals surface area (Å²) in [6.45, 7) is 1.77. The summed E-state index contributed by atoms with van der Waals surface area (Å²) in [5.74, 6) is 0.169. The molecule has 2 aromatic rings. The first-order chi connectivity index (χ1) is 9.38. The molecule has 0 fully saturated rings. The van der Waals surface area contributed by atoms with Crippen LogP contribution in [0.3, 0.4) is 0 Å². The molecule has 1 aromatic carbocycles. The Hall–Kier alpha value is -1.64. The van der Waals surface area contributed by atoms with E-state index in [-0.39, 0.29) is 21.4 Å². The molecule has 0 bridgehead atoms. The number of H-pyrrole nitrogens is 1. The van der Waals surface area contributed by atoms with Crippen molar-refractivity contribution < 1.29 is 13.5 Å². The van der Waals surface area contributed by atoms with E-state index in [9.17, 15) is 13.2 Å². The van der Waals surface area contributed by atoms with Crippen LogP contribution < -0.4 is 9.60 Å². The van der Waals surface area contributed by atoms with E-state index in [4.69, 9.17) is 5.11 Å². The third-order valence-corrected chi connectivity index (χ3v) is 5.73. The van der Waals surface area contributed by atoms with Crippen molar-refractivity contribution in [1.82, 2.24) is 9.71 Å². The third-order valence-electron chi connectivity index (χ3n) is 2.67. The van der Waals surface area contributed by atoms with Gasteiger partial charge in [-0.1, -0.05) is 23.5 Å². The van der Waals surface area contributed by atoms with Gasteiger partial charge in [-0.25, -0.2) is 13.1 Å². The average Bonchev–Trinajstić information content (AvgIpc) is 2.72. The summed E-state index contributed by atoms with van der Waals surface area (Å²) in [7, 11) is -3.66. The summed E-state index contributed by atoms with van der Waals surface area (Å²) in [4.78, 5) is 13.2. The highest BCUT2D eigenvalue weighted by Crippen LogP contribution is 2.15. The summed E-state index contributed by atoms with van der Waals surface area (Å²) < 4.78 is 26.5. The first-order valence-corrected chi connectivity index (χ1v) is 8.16. The standard InChI is InChI=1S/C12H14N2O4S2/c1-8-11(19-12(16)14-8)20(17,18)13-7-6-9-2-4-10(15)5-3-9/h2-5,13,15H,6-7H2,1H3,(H,14,16). The quantitative estimate of drug-likeness (QED) is 0.766. The van der Waals surface area contributed by atoms with E-state index in [1.54, 1.807) is 31.2 Å². The summed E-state index contributed by atoms with van der Waals surface area (Å²) >= 11 is 0.675. The van der Waals surface area contributed by atoms with Crippen LogP contribution in [-0.2, 0) is 16.4 Å². The van der Waals surface area contributed by atoms with E-state index in [1.165, 1.54) is 0 Å². The molecule has 0 atom stereocenters. The molecule has 1 aromatic heterocycles. The minimum Gasteiger partial charge on any atom is -0.508 e. The van der Waals surface area contributed by atoms with Gasteiger partial charge < -0.3 is 10.1 Å². The molecular formula is C12H14N2O4S2. The number of hydrogen-bond donors (Lipinski definition) is 3. The SMILES string of the molecule is Cc1[nH]c(=O)sc1S(=O)(=O)NCCc1ccc(O)cc1. The van der Waals surface area contributed by atoms with E-state index >= 15 is 0 Å². The molecule has 2 rings (SSSR count). The lowest BCUT2D eigenvalue weighted by molar-refractivity contribution is 0.475. The van der Waals surface area contributed by atoms with Crippen LogP contribution >= 0.6 is 11.3 Å². The zero-order valence-electron chi connectivity index (χ0n) is 10.7. The van der Waals surface area contributed by atoms with E-state index in [2.05, 4.69) is 9.71 Å². The maximum atomic E-state index is 12.0. The van der Waals surface area contributed by atoms with Gasteiger partial charge in [0.25, 0.3) is 10.0 Å². The van der Waals surface area contributed by atoms with Crippen LogP contribution in [0.1, 0.15) is 11.3 Å². The summed E-state index contributed by atoms with van der Waals surface area (Å²) in [6, 6.07) is 6.55. The Kier molecular flexibility index (Phi) is 4.26. The normalized spacial score (nSPS) is 11.7. The molecule has 0 unspecified atom stereocenters. The fourth-order valence-electron chi connectivity index (χ4n) is 1.70. The van der Waals surface area contributed by atoms with Gasteiger partial charge in [0.05, 0.1) is 0 Å². The zero-order valence-corrected chi connectivity index (χ0v) is 12.3. The van der Waals surface area contributed by atoms with Crippen molar-refractivity contribution in [3.05, 3.63) is 45.2 Å². The first-order valence-electron chi connectivity index (χ1n) is 5.86.